The van der Waals surface area contributed by atoms with Crippen molar-refractivity contribution in [3.63, 3.8) is 0 Å². The molecule has 2 rings (SSSR count). The number of alkyl halides is 2. The Labute approximate surface area is 132 Å². The molecule has 0 amide bonds. The van der Waals surface area contributed by atoms with Crippen LogP contribution in [0, 0.1) is 13.8 Å². The molecule has 1 heterocycles. The molecule has 0 aliphatic heterocycles. The number of halogens is 2. The molecule has 0 aliphatic rings. The van der Waals surface area contributed by atoms with Gasteiger partial charge in [0.25, 0.3) is 5.92 Å². The maximum Gasteiger partial charge on any atom is 0.373 e. The average molecular weight is 321 g/mol. The number of hydrogen-bond acceptors (Lipinski definition) is 4. The third-order valence-electron chi connectivity index (χ3n) is 3.39. The first-order chi connectivity index (χ1) is 10.7. The second-order valence-corrected chi connectivity index (χ2v) is 5.34. The number of hydrogen-bond donors (Lipinski definition) is 2. The van der Waals surface area contributed by atoms with Crippen LogP contribution in [-0.2, 0) is 12.5 Å². The summed E-state index contributed by atoms with van der Waals surface area (Å²) in [4.78, 5) is 18.7. The number of benzene rings is 1. The normalized spacial score (nSPS) is 11.3. The lowest BCUT2D eigenvalue weighted by molar-refractivity contribution is 0.0174. The summed E-state index contributed by atoms with van der Waals surface area (Å²) >= 11 is 0. The van der Waals surface area contributed by atoms with Crippen molar-refractivity contribution >= 4 is 11.7 Å². The van der Waals surface area contributed by atoms with E-state index in [9.17, 15) is 13.6 Å². The summed E-state index contributed by atoms with van der Waals surface area (Å²) in [7, 11) is 0. The van der Waals surface area contributed by atoms with Gasteiger partial charge in [-0.3, -0.25) is 0 Å². The van der Waals surface area contributed by atoms with Gasteiger partial charge in [0.1, 0.15) is 0 Å². The van der Waals surface area contributed by atoms with Crippen LogP contribution in [0.5, 0.6) is 0 Å². The monoisotopic (exact) mass is 321 g/mol. The number of aromatic nitrogens is 2. The molecule has 23 heavy (non-hydrogen) atoms. The fraction of sp³-hybridized carbons (Fsp3) is 0.312. The predicted molar refractivity (Wildman–Crippen MR) is 81.8 cm³/mol. The highest BCUT2D eigenvalue weighted by molar-refractivity contribution is 5.83. The maximum absolute atomic E-state index is 13.2. The molecule has 0 aliphatic carbocycles. The fourth-order valence-electron chi connectivity index (χ4n) is 2.17. The van der Waals surface area contributed by atoms with Crippen molar-refractivity contribution in [3.8, 4) is 0 Å². The molecule has 0 atom stereocenters. The Balaban J connectivity index is 2.14. The third kappa shape index (κ3) is 4.00. The summed E-state index contributed by atoms with van der Waals surface area (Å²) in [6.07, 6.45) is 0. The fourth-order valence-corrected chi connectivity index (χ4v) is 2.17. The minimum atomic E-state index is -2.86. The van der Waals surface area contributed by atoms with Gasteiger partial charge in [-0.2, -0.15) is 0 Å². The van der Waals surface area contributed by atoms with Crippen LogP contribution in [0.4, 0.5) is 14.5 Å². The molecular weight excluding hydrogens is 304 g/mol. The van der Waals surface area contributed by atoms with Crippen LogP contribution in [0.3, 0.4) is 0 Å². The summed E-state index contributed by atoms with van der Waals surface area (Å²) in [5, 5.41) is 12.0. The van der Waals surface area contributed by atoms with E-state index in [2.05, 4.69) is 15.3 Å². The molecule has 0 saturated carbocycles. The van der Waals surface area contributed by atoms with E-state index in [4.69, 9.17) is 5.11 Å². The van der Waals surface area contributed by atoms with Gasteiger partial charge >= 0.3 is 5.97 Å². The van der Waals surface area contributed by atoms with E-state index in [1.165, 1.54) is 12.1 Å². The number of aryl methyl sites for hydroxylation is 2. The highest BCUT2D eigenvalue weighted by Gasteiger charge is 2.23. The standard InChI is InChI=1S/C16H17F2N3O2/c1-9-13(10(2)21-14(20-9)15(22)23)19-8-11-4-6-12(7-5-11)16(3,17)18/h4-7,19H,8H2,1-3H3,(H,22,23). The first-order valence-corrected chi connectivity index (χ1v) is 6.98. The number of carbonyl (C=O) groups is 1. The highest BCUT2D eigenvalue weighted by atomic mass is 19.3. The van der Waals surface area contributed by atoms with Crippen molar-refractivity contribution in [3.05, 3.63) is 52.6 Å². The smallest absolute Gasteiger partial charge is 0.373 e. The lowest BCUT2D eigenvalue weighted by Gasteiger charge is -2.14. The van der Waals surface area contributed by atoms with Gasteiger partial charge in [0, 0.05) is 19.0 Å². The Morgan fingerprint density at radius 1 is 1.17 bits per heavy atom. The summed E-state index contributed by atoms with van der Waals surface area (Å²) in [6.45, 7) is 4.62. The van der Waals surface area contributed by atoms with Gasteiger partial charge in [0.2, 0.25) is 5.82 Å². The lowest BCUT2D eigenvalue weighted by atomic mass is 10.1. The Morgan fingerprint density at radius 3 is 2.13 bits per heavy atom. The van der Waals surface area contributed by atoms with E-state index in [0.717, 1.165) is 12.5 Å². The molecular formula is C16H17F2N3O2. The van der Waals surface area contributed by atoms with E-state index in [1.807, 2.05) is 0 Å². The molecule has 1 aromatic carbocycles. The van der Waals surface area contributed by atoms with Crippen molar-refractivity contribution < 1.29 is 18.7 Å². The molecule has 0 saturated heterocycles. The summed E-state index contributed by atoms with van der Waals surface area (Å²) in [5.74, 6) is -4.29. The van der Waals surface area contributed by atoms with E-state index in [0.29, 0.717) is 23.6 Å². The number of nitrogens with one attached hydrogen (secondary N) is 1. The van der Waals surface area contributed by atoms with Crippen molar-refractivity contribution in [2.24, 2.45) is 0 Å². The van der Waals surface area contributed by atoms with Gasteiger partial charge in [0.15, 0.2) is 0 Å². The summed E-state index contributed by atoms with van der Waals surface area (Å²) in [5.41, 5.74) is 2.46. The Hall–Kier alpha value is -2.57. The summed E-state index contributed by atoms with van der Waals surface area (Å²) < 4.78 is 26.3. The lowest BCUT2D eigenvalue weighted by Crippen LogP contribution is -2.12. The van der Waals surface area contributed by atoms with Crippen molar-refractivity contribution in [1.29, 1.82) is 0 Å². The van der Waals surface area contributed by atoms with Gasteiger partial charge in [-0.1, -0.05) is 24.3 Å². The summed E-state index contributed by atoms with van der Waals surface area (Å²) in [6, 6.07) is 6.02. The number of aromatic carboxylic acids is 1. The van der Waals surface area contributed by atoms with Crippen LogP contribution in [-0.4, -0.2) is 21.0 Å². The van der Waals surface area contributed by atoms with E-state index in [-0.39, 0.29) is 11.4 Å². The molecule has 2 aromatic rings. The molecule has 0 bridgehead atoms. The molecule has 1 aromatic heterocycles. The number of nitrogens with zero attached hydrogens (tertiary/aromatic N) is 2. The van der Waals surface area contributed by atoms with Gasteiger partial charge in [-0.15, -0.1) is 0 Å². The van der Waals surface area contributed by atoms with Crippen molar-refractivity contribution in [2.75, 3.05) is 5.32 Å². The number of carboxylic acids is 1. The second kappa shape index (κ2) is 6.28. The molecule has 122 valence electrons. The zero-order valence-corrected chi connectivity index (χ0v) is 13.0. The van der Waals surface area contributed by atoms with Crippen molar-refractivity contribution in [2.45, 2.75) is 33.2 Å². The first kappa shape index (κ1) is 16.8. The zero-order chi connectivity index (χ0) is 17.2. The zero-order valence-electron chi connectivity index (χ0n) is 13.0. The van der Waals surface area contributed by atoms with Crippen LogP contribution in [0.15, 0.2) is 24.3 Å². The Bertz CT molecular complexity index is 702. The minimum absolute atomic E-state index is 0.0391. The largest absolute Gasteiger partial charge is 0.475 e. The van der Waals surface area contributed by atoms with Crippen LogP contribution < -0.4 is 5.32 Å². The topological polar surface area (TPSA) is 75.1 Å². The maximum atomic E-state index is 13.2. The number of carboxylic acid groups (broad SMARTS) is 1. The molecule has 5 nitrogen and oxygen atoms in total. The van der Waals surface area contributed by atoms with Crippen LogP contribution in [0.2, 0.25) is 0 Å². The molecule has 0 radical (unpaired) electrons. The highest BCUT2D eigenvalue weighted by Crippen LogP contribution is 2.27. The van der Waals surface area contributed by atoms with Crippen LogP contribution >= 0.6 is 0 Å². The number of anilines is 1. The van der Waals surface area contributed by atoms with Gasteiger partial charge in [-0.25, -0.2) is 23.5 Å². The SMILES string of the molecule is Cc1nc(C(=O)O)nc(C)c1NCc1ccc(C(C)(F)F)cc1. The van der Waals surface area contributed by atoms with E-state index < -0.39 is 11.9 Å². The molecule has 0 fully saturated rings. The van der Waals surface area contributed by atoms with Gasteiger partial charge in [0.05, 0.1) is 17.1 Å². The molecule has 0 unspecified atom stereocenters. The van der Waals surface area contributed by atoms with Gasteiger partial charge in [-0.05, 0) is 19.4 Å². The predicted octanol–water partition coefficient (Wildman–Crippen LogP) is 3.52. The van der Waals surface area contributed by atoms with E-state index >= 15 is 0 Å². The molecule has 7 heteroatoms. The second-order valence-electron chi connectivity index (χ2n) is 5.34. The van der Waals surface area contributed by atoms with Crippen LogP contribution in [0.25, 0.3) is 0 Å². The van der Waals surface area contributed by atoms with E-state index in [1.54, 1.807) is 26.0 Å². The van der Waals surface area contributed by atoms with Crippen LogP contribution in [0.1, 0.15) is 40.1 Å². The van der Waals surface area contributed by atoms with Gasteiger partial charge < -0.3 is 10.4 Å². The number of rotatable bonds is 5. The van der Waals surface area contributed by atoms with Crippen molar-refractivity contribution in [1.82, 2.24) is 9.97 Å². The minimum Gasteiger partial charge on any atom is -0.475 e. The third-order valence-corrected chi connectivity index (χ3v) is 3.39. The first-order valence-electron chi connectivity index (χ1n) is 6.98. The molecule has 2 N–H and O–H groups in total. The quantitative estimate of drug-likeness (QED) is 0.881. The average Bonchev–Trinajstić information content (AvgIpc) is 2.45. The Kier molecular flexibility index (Phi) is 4.58. The Morgan fingerprint density at radius 2 is 1.70 bits per heavy atom. The molecule has 0 spiro atoms.